The summed E-state index contributed by atoms with van der Waals surface area (Å²) < 4.78 is 93.2. The number of alkyl halides is 6. The average Bonchev–Trinajstić information content (AvgIpc) is 3.34. The van der Waals surface area contributed by atoms with Crippen LogP contribution in [0.3, 0.4) is 0 Å². The lowest BCUT2D eigenvalue weighted by Gasteiger charge is -2.30. The first kappa shape index (κ1) is 50.5. The molecule has 0 saturated heterocycles. The first-order valence-electron chi connectivity index (χ1n) is 25.4. The van der Waals surface area contributed by atoms with E-state index in [0.717, 1.165) is 122 Å². The van der Waals surface area contributed by atoms with Gasteiger partial charge < -0.3 is 0 Å². The maximum Gasteiger partial charge on any atom is 0.417 e. The van der Waals surface area contributed by atoms with E-state index in [4.69, 9.17) is 0 Å². The average molecular weight is 987 g/mol. The van der Waals surface area contributed by atoms with Gasteiger partial charge in [-0.2, -0.15) is 26.3 Å². The van der Waals surface area contributed by atoms with Crippen LogP contribution in [0.1, 0.15) is 77.9 Å². The van der Waals surface area contributed by atoms with Gasteiger partial charge in [0.15, 0.2) is 0 Å². The largest absolute Gasteiger partial charge is 0.417 e. The van der Waals surface area contributed by atoms with Crippen LogP contribution in [0.5, 0.6) is 0 Å². The molecule has 0 saturated carbocycles. The highest BCUT2D eigenvalue weighted by Gasteiger charge is 2.39. The van der Waals surface area contributed by atoms with Crippen molar-refractivity contribution in [2.75, 3.05) is 0 Å². The third-order valence-corrected chi connectivity index (χ3v) is 15.7. The molecule has 0 fully saturated rings. The van der Waals surface area contributed by atoms with Crippen molar-refractivity contribution in [2.45, 2.75) is 95.4 Å². The van der Waals surface area contributed by atoms with Gasteiger partial charge in [-0.15, -0.1) is 0 Å². The van der Waals surface area contributed by atoms with Crippen molar-refractivity contribution in [1.82, 2.24) is 0 Å². The minimum atomic E-state index is -4.70. The minimum absolute atomic E-state index is 0.0326. The molecule has 0 bridgehead atoms. The molecule has 0 aliphatic rings. The molecule has 0 aliphatic carbocycles. The first-order valence-corrected chi connectivity index (χ1v) is 25.4. The lowest BCUT2D eigenvalue weighted by molar-refractivity contribution is -0.137. The number of aryl methyl sites for hydroxylation is 12. The molecule has 370 valence electrons. The molecule has 0 aromatic heterocycles. The minimum Gasteiger partial charge on any atom is -0.166 e. The maximum atomic E-state index is 15.5. The summed E-state index contributed by atoms with van der Waals surface area (Å²) in [5.74, 6) is 0. The Morgan fingerprint density at radius 1 is 0.284 bits per heavy atom. The SMILES string of the molecule is Cc1cc(C)c(B(c2c(C)cc(C)cc2C)c2cc(-c3ccccc3C(F)(F)F)c3ccc4c(B(c5c(C)cc(C)cc5C)c5c(C)cc(C)cc5C)cc(-c5ccccc5C(F)(F)F)c5ccc2c3c45)c(C)c1. The number of halogens is 6. The van der Waals surface area contributed by atoms with Crippen LogP contribution in [0.4, 0.5) is 26.3 Å². The Morgan fingerprint density at radius 3 is 0.784 bits per heavy atom. The van der Waals surface area contributed by atoms with Crippen LogP contribution in [0, 0.1) is 83.1 Å². The number of rotatable bonds is 8. The second-order valence-corrected chi connectivity index (χ2v) is 21.3. The Morgan fingerprint density at radius 2 is 0.527 bits per heavy atom. The van der Waals surface area contributed by atoms with Crippen molar-refractivity contribution in [3.8, 4) is 22.3 Å². The van der Waals surface area contributed by atoms with Gasteiger partial charge in [-0.3, -0.25) is 0 Å². The summed E-state index contributed by atoms with van der Waals surface area (Å²) in [5, 5.41) is 4.23. The van der Waals surface area contributed by atoms with Crippen molar-refractivity contribution < 1.29 is 26.3 Å². The lowest BCUT2D eigenvalue weighted by atomic mass is 9.33. The van der Waals surface area contributed by atoms with E-state index in [2.05, 4.69) is 132 Å². The van der Waals surface area contributed by atoms with Crippen molar-refractivity contribution in [3.63, 3.8) is 0 Å². The van der Waals surface area contributed by atoms with Crippen LogP contribution in [0.15, 0.2) is 133 Å². The van der Waals surface area contributed by atoms with E-state index in [9.17, 15) is 0 Å². The Kier molecular flexibility index (Phi) is 12.6. The third kappa shape index (κ3) is 8.48. The molecular formula is C66H58B2F6. The monoisotopic (exact) mass is 986 g/mol. The molecule has 10 aromatic rings. The Balaban J connectivity index is 1.49. The third-order valence-electron chi connectivity index (χ3n) is 15.7. The van der Waals surface area contributed by atoms with Crippen molar-refractivity contribution >= 4 is 78.5 Å². The quantitative estimate of drug-likeness (QED) is 0.0808. The fraction of sp³-hybridized carbons (Fsp3) is 0.212. The topological polar surface area (TPSA) is 0 Å². The molecule has 0 N–H and O–H groups in total. The van der Waals surface area contributed by atoms with Crippen LogP contribution in [-0.4, -0.2) is 13.4 Å². The van der Waals surface area contributed by atoms with Crippen molar-refractivity contribution in [3.05, 3.63) is 211 Å². The van der Waals surface area contributed by atoms with Gasteiger partial charge in [-0.25, -0.2) is 0 Å². The summed E-state index contributed by atoms with van der Waals surface area (Å²) in [4.78, 5) is 0. The molecule has 10 aromatic carbocycles. The highest BCUT2D eigenvalue weighted by atomic mass is 19.4. The van der Waals surface area contributed by atoms with Gasteiger partial charge in [0.2, 0.25) is 13.4 Å². The lowest BCUT2D eigenvalue weighted by Crippen LogP contribution is -2.56. The zero-order valence-corrected chi connectivity index (χ0v) is 44.1. The van der Waals surface area contributed by atoms with Gasteiger partial charge in [0, 0.05) is 0 Å². The molecule has 0 heterocycles. The highest BCUT2D eigenvalue weighted by Crippen LogP contribution is 2.46. The van der Waals surface area contributed by atoms with Gasteiger partial charge in [0.25, 0.3) is 0 Å². The Labute approximate surface area is 432 Å². The summed E-state index contributed by atoms with van der Waals surface area (Å²) in [6.45, 7) is 24.3. The van der Waals surface area contributed by atoms with Gasteiger partial charge in [0.05, 0.1) is 11.1 Å². The van der Waals surface area contributed by atoms with Crippen molar-refractivity contribution in [2.24, 2.45) is 0 Å². The standard InChI is InChI=1S/C66H58B2F6/c1-35-25-39(5)61(40(6)26-35)67(62-41(7)27-36(2)28-42(62)8)57-33-53(47-17-13-15-19-55(47)65(69,70)71)49-22-24-52-58(68(63-43(9)29-37(3)30-44(63)10)64-45(11)31-38(4)32-46(64)12)34-54(50-21-23-51(57)59(49)60(50)52)48-18-14-16-20-56(48)66(72,73)74/h13-34H,1-12H3. The van der Waals surface area contributed by atoms with E-state index < -0.39 is 36.9 Å². The van der Waals surface area contributed by atoms with E-state index in [1.807, 2.05) is 36.4 Å². The normalized spacial score (nSPS) is 12.2. The summed E-state index contributed by atoms with van der Waals surface area (Å²) >= 11 is 0. The molecule has 10 rings (SSSR count). The molecule has 0 amide bonds. The zero-order chi connectivity index (χ0) is 53.0. The first-order chi connectivity index (χ1) is 34.9. The molecule has 0 unspecified atom stereocenters. The fourth-order valence-corrected chi connectivity index (χ4v) is 13.4. The summed E-state index contributed by atoms with van der Waals surface area (Å²) in [5.41, 5.74) is 18.1. The fourth-order valence-electron chi connectivity index (χ4n) is 13.4. The second-order valence-electron chi connectivity index (χ2n) is 21.3. The van der Waals surface area contributed by atoms with Crippen LogP contribution in [0.25, 0.3) is 54.6 Å². The molecule has 0 radical (unpaired) electrons. The number of benzene rings is 10. The van der Waals surface area contributed by atoms with Gasteiger partial charge in [-0.05, 0) is 150 Å². The molecule has 8 heteroatoms. The summed E-state index contributed by atoms with van der Waals surface area (Å²) in [6, 6.07) is 40.8. The van der Waals surface area contributed by atoms with Gasteiger partial charge >= 0.3 is 12.4 Å². The molecular weight excluding hydrogens is 928 g/mol. The van der Waals surface area contributed by atoms with E-state index in [0.29, 0.717) is 32.7 Å². The second kappa shape index (κ2) is 18.4. The summed E-state index contributed by atoms with van der Waals surface area (Å²) in [7, 11) is 0. The molecule has 0 spiro atoms. The molecule has 0 aliphatic heterocycles. The van der Waals surface area contributed by atoms with E-state index in [1.54, 1.807) is 24.3 Å². The van der Waals surface area contributed by atoms with Crippen LogP contribution < -0.4 is 32.8 Å². The van der Waals surface area contributed by atoms with Crippen LogP contribution in [-0.2, 0) is 12.4 Å². The van der Waals surface area contributed by atoms with Gasteiger partial charge in [-0.1, -0.05) is 221 Å². The molecule has 0 atom stereocenters. The smallest absolute Gasteiger partial charge is 0.166 e. The maximum absolute atomic E-state index is 15.5. The Bertz CT molecular complexity index is 3450. The Hall–Kier alpha value is -7.05. The van der Waals surface area contributed by atoms with E-state index in [1.165, 1.54) is 12.1 Å². The van der Waals surface area contributed by atoms with Crippen LogP contribution >= 0.6 is 0 Å². The van der Waals surface area contributed by atoms with Gasteiger partial charge in [0.1, 0.15) is 0 Å². The number of hydrogen-bond donors (Lipinski definition) is 0. The predicted molar refractivity (Wildman–Crippen MR) is 303 cm³/mol. The molecule has 0 nitrogen and oxygen atoms in total. The van der Waals surface area contributed by atoms with Crippen LogP contribution in [0.2, 0.25) is 0 Å². The summed E-state index contributed by atoms with van der Waals surface area (Å²) in [6.07, 6.45) is -9.40. The zero-order valence-electron chi connectivity index (χ0n) is 44.1. The molecule has 74 heavy (non-hydrogen) atoms. The number of hydrogen-bond acceptors (Lipinski definition) is 0. The van der Waals surface area contributed by atoms with Crippen molar-refractivity contribution in [1.29, 1.82) is 0 Å². The highest BCUT2D eigenvalue weighted by molar-refractivity contribution is 6.99. The van der Waals surface area contributed by atoms with E-state index in [-0.39, 0.29) is 11.1 Å². The predicted octanol–water partition coefficient (Wildman–Crippen LogP) is 14.7. The van der Waals surface area contributed by atoms with E-state index >= 15 is 26.3 Å².